The third-order valence-corrected chi connectivity index (χ3v) is 3.85. The van der Waals surface area contributed by atoms with Crippen LogP contribution in [-0.4, -0.2) is 35.2 Å². The average molecular weight is 305 g/mol. The highest BCUT2D eigenvalue weighted by Crippen LogP contribution is 2.20. The number of hydrogen-bond donors (Lipinski definition) is 3. The summed E-state index contributed by atoms with van der Waals surface area (Å²) in [5.41, 5.74) is 2.14. The summed E-state index contributed by atoms with van der Waals surface area (Å²) in [5, 5.41) is 13.9. The van der Waals surface area contributed by atoms with Crippen molar-refractivity contribution < 1.29 is 4.79 Å². The zero-order chi connectivity index (χ0) is 14.7. The molecule has 1 aliphatic heterocycles. The minimum atomic E-state index is -0.114. The van der Waals surface area contributed by atoms with E-state index in [1.165, 1.54) is 0 Å². The van der Waals surface area contributed by atoms with E-state index in [0.717, 1.165) is 37.2 Å². The van der Waals surface area contributed by atoms with Crippen LogP contribution in [0.1, 0.15) is 23.3 Å². The number of piperidine rings is 1. The molecule has 0 radical (unpaired) electrons. The number of rotatable bonds is 3. The second-order valence-electron chi connectivity index (χ2n) is 5.19. The Bertz CT molecular complexity index is 617. The highest BCUT2D eigenvalue weighted by molar-refractivity contribution is 6.30. The number of nitrogens with zero attached hydrogens (tertiary/aromatic N) is 1. The first-order valence-corrected chi connectivity index (χ1v) is 7.43. The van der Waals surface area contributed by atoms with Gasteiger partial charge in [0.05, 0.1) is 5.69 Å². The van der Waals surface area contributed by atoms with Crippen LogP contribution in [0.4, 0.5) is 0 Å². The molecule has 6 heteroatoms. The standard InChI is InChI=1S/C15H17ClN4O/c16-11-5-3-10(4-6-11)13-8-14(20-19-13)15(21)18-12-2-1-7-17-9-12/h3-6,8,12,17H,1-2,7,9H2,(H,18,21)(H,19,20). The Morgan fingerprint density at radius 3 is 2.86 bits per heavy atom. The summed E-state index contributed by atoms with van der Waals surface area (Å²) in [6.07, 6.45) is 2.10. The molecule has 1 aromatic heterocycles. The van der Waals surface area contributed by atoms with Gasteiger partial charge in [-0.1, -0.05) is 23.7 Å². The maximum Gasteiger partial charge on any atom is 0.269 e. The lowest BCUT2D eigenvalue weighted by Gasteiger charge is -2.23. The van der Waals surface area contributed by atoms with E-state index in [1.54, 1.807) is 18.2 Å². The Labute approximate surface area is 128 Å². The lowest BCUT2D eigenvalue weighted by atomic mass is 10.1. The summed E-state index contributed by atoms with van der Waals surface area (Å²) in [7, 11) is 0. The molecule has 2 aromatic rings. The van der Waals surface area contributed by atoms with Crippen LogP contribution in [0.15, 0.2) is 30.3 Å². The van der Waals surface area contributed by atoms with Crippen LogP contribution in [0.25, 0.3) is 11.3 Å². The van der Waals surface area contributed by atoms with Crippen molar-refractivity contribution in [3.63, 3.8) is 0 Å². The van der Waals surface area contributed by atoms with Crippen molar-refractivity contribution in [3.8, 4) is 11.3 Å². The number of carbonyl (C=O) groups excluding carboxylic acids is 1. The van der Waals surface area contributed by atoms with E-state index in [4.69, 9.17) is 11.6 Å². The van der Waals surface area contributed by atoms with Crippen LogP contribution in [-0.2, 0) is 0 Å². The highest BCUT2D eigenvalue weighted by Gasteiger charge is 2.18. The van der Waals surface area contributed by atoms with Crippen molar-refractivity contribution in [1.82, 2.24) is 20.8 Å². The van der Waals surface area contributed by atoms with Gasteiger partial charge in [0.15, 0.2) is 0 Å². The number of halogens is 1. The molecule has 1 unspecified atom stereocenters. The Morgan fingerprint density at radius 1 is 1.33 bits per heavy atom. The van der Waals surface area contributed by atoms with Gasteiger partial charge in [-0.15, -0.1) is 0 Å². The smallest absolute Gasteiger partial charge is 0.269 e. The zero-order valence-corrected chi connectivity index (χ0v) is 12.3. The van der Waals surface area contributed by atoms with Crippen LogP contribution in [0, 0.1) is 0 Å². The molecule has 21 heavy (non-hydrogen) atoms. The number of nitrogens with one attached hydrogen (secondary N) is 3. The first-order valence-electron chi connectivity index (χ1n) is 7.05. The van der Waals surface area contributed by atoms with Gasteiger partial charge < -0.3 is 10.6 Å². The number of aromatic amines is 1. The first kappa shape index (κ1) is 14.1. The maximum absolute atomic E-state index is 12.2. The number of carbonyl (C=O) groups is 1. The van der Waals surface area contributed by atoms with Crippen molar-refractivity contribution in [2.24, 2.45) is 0 Å². The number of hydrogen-bond acceptors (Lipinski definition) is 3. The van der Waals surface area contributed by atoms with E-state index in [2.05, 4.69) is 20.8 Å². The van der Waals surface area contributed by atoms with Crippen molar-refractivity contribution in [2.45, 2.75) is 18.9 Å². The fraction of sp³-hybridized carbons (Fsp3) is 0.333. The SMILES string of the molecule is O=C(NC1CCCNC1)c1cc(-c2ccc(Cl)cc2)n[nH]1. The third kappa shape index (κ3) is 3.43. The van der Waals surface area contributed by atoms with Crippen molar-refractivity contribution in [3.05, 3.63) is 41.0 Å². The minimum absolute atomic E-state index is 0.114. The summed E-state index contributed by atoms with van der Waals surface area (Å²) in [6, 6.07) is 9.32. The fourth-order valence-corrected chi connectivity index (χ4v) is 2.57. The molecule has 110 valence electrons. The number of H-pyrrole nitrogens is 1. The predicted molar refractivity (Wildman–Crippen MR) is 82.4 cm³/mol. The van der Waals surface area contributed by atoms with Gasteiger partial charge in [-0.05, 0) is 37.6 Å². The highest BCUT2D eigenvalue weighted by atomic mass is 35.5. The Morgan fingerprint density at radius 2 is 2.14 bits per heavy atom. The van der Waals surface area contributed by atoms with Crippen LogP contribution in [0.5, 0.6) is 0 Å². The molecule has 0 spiro atoms. The minimum Gasteiger partial charge on any atom is -0.347 e. The second kappa shape index (κ2) is 6.28. The molecule has 3 rings (SSSR count). The van der Waals surface area contributed by atoms with E-state index in [-0.39, 0.29) is 11.9 Å². The lowest BCUT2D eigenvalue weighted by Crippen LogP contribution is -2.45. The van der Waals surface area contributed by atoms with Gasteiger partial charge in [0.25, 0.3) is 5.91 Å². The maximum atomic E-state index is 12.2. The van der Waals surface area contributed by atoms with Crippen molar-refractivity contribution >= 4 is 17.5 Å². The molecule has 0 aliphatic carbocycles. The van der Waals surface area contributed by atoms with Gasteiger partial charge in [0.1, 0.15) is 5.69 Å². The predicted octanol–water partition coefficient (Wildman–Crippen LogP) is 2.21. The van der Waals surface area contributed by atoms with Gasteiger partial charge in [-0.25, -0.2) is 0 Å². The van der Waals surface area contributed by atoms with Gasteiger partial charge in [0.2, 0.25) is 0 Å². The van der Waals surface area contributed by atoms with E-state index in [0.29, 0.717) is 10.7 Å². The molecular weight excluding hydrogens is 288 g/mol. The number of amides is 1. The van der Waals surface area contributed by atoms with Crippen LogP contribution < -0.4 is 10.6 Å². The fourth-order valence-electron chi connectivity index (χ4n) is 2.44. The molecule has 1 atom stereocenters. The summed E-state index contributed by atoms with van der Waals surface area (Å²) in [5.74, 6) is -0.114. The number of aromatic nitrogens is 2. The molecule has 3 N–H and O–H groups in total. The monoisotopic (exact) mass is 304 g/mol. The molecule has 5 nitrogen and oxygen atoms in total. The zero-order valence-electron chi connectivity index (χ0n) is 11.5. The average Bonchev–Trinajstić information content (AvgIpc) is 2.99. The normalized spacial score (nSPS) is 18.4. The molecule has 2 heterocycles. The van der Waals surface area contributed by atoms with Crippen LogP contribution in [0.3, 0.4) is 0 Å². The van der Waals surface area contributed by atoms with Crippen molar-refractivity contribution in [2.75, 3.05) is 13.1 Å². The van der Waals surface area contributed by atoms with E-state index >= 15 is 0 Å². The van der Waals surface area contributed by atoms with Crippen molar-refractivity contribution in [1.29, 1.82) is 0 Å². The summed E-state index contributed by atoms with van der Waals surface area (Å²) in [4.78, 5) is 12.2. The van der Waals surface area contributed by atoms with E-state index < -0.39 is 0 Å². The molecule has 1 amide bonds. The molecule has 1 aromatic carbocycles. The third-order valence-electron chi connectivity index (χ3n) is 3.59. The summed E-state index contributed by atoms with van der Waals surface area (Å²) in [6.45, 7) is 1.85. The Hall–Kier alpha value is -1.85. The van der Waals surface area contributed by atoms with Gasteiger partial charge in [0, 0.05) is 23.2 Å². The summed E-state index contributed by atoms with van der Waals surface area (Å²) < 4.78 is 0. The van der Waals surface area contributed by atoms with E-state index in [9.17, 15) is 4.79 Å². The lowest BCUT2D eigenvalue weighted by molar-refractivity contribution is 0.0925. The second-order valence-corrected chi connectivity index (χ2v) is 5.63. The molecule has 1 aliphatic rings. The molecular formula is C15H17ClN4O. The molecule has 1 fully saturated rings. The van der Waals surface area contributed by atoms with Gasteiger partial charge in [-0.3, -0.25) is 9.89 Å². The molecule has 0 saturated carbocycles. The van der Waals surface area contributed by atoms with Crippen LogP contribution in [0.2, 0.25) is 5.02 Å². The van der Waals surface area contributed by atoms with Crippen LogP contribution >= 0.6 is 11.6 Å². The number of benzene rings is 1. The van der Waals surface area contributed by atoms with Gasteiger partial charge >= 0.3 is 0 Å². The first-order chi connectivity index (χ1) is 10.2. The summed E-state index contributed by atoms with van der Waals surface area (Å²) >= 11 is 5.86. The van der Waals surface area contributed by atoms with Gasteiger partial charge in [-0.2, -0.15) is 5.10 Å². The Kier molecular flexibility index (Phi) is 4.22. The largest absolute Gasteiger partial charge is 0.347 e. The topological polar surface area (TPSA) is 69.8 Å². The van der Waals surface area contributed by atoms with E-state index in [1.807, 2.05) is 12.1 Å². The molecule has 1 saturated heterocycles. The molecule has 0 bridgehead atoms. The Balaban J connectivity index is 1.69. The quantitative estimate of drug-likeness (QED) is 0.814.